The van der Waals surface area contributed by atoms with E-state index in [1.807, 2.05) is 37.3 Å². The van der Waals surface area contributed by atoms with Crippen LogP contribution in [0.1, 0.15) is 23.7 Å². The normalized spacial score (nSPS) is 12.5. The number of rotatable bonds is 4. The fourth-order valence-electron chi connectivity index (χ4n) is 2.61. The van der Waals surface area contributed by atoms with Crippen LogP contribution >= 0.6 is 15.9 Å². The lowest BCUT2D eigenvalue weighted by Crippen LogP contribution is -2.39. The molecule has 0 saturated carbocycles. The van der Waals surface area contributed by atoms with Crippen LogP contribution < -0.4 is 11.1 Å². The fraction of sp³-hybridized carbons (Fsp3) is 0.222. The minimum atomic E-state index is -0.128. The number of aromatic nitrogens is 1. The lowest BCUT2D eigenvalue weighted by molar-refractivity contribution is 0.0938. The Bertz CT molecular complexity index is 875. The van der Waals surface area contributed by atoms with Crippen molar-refractivity contribution in [2.45, 2.75) is 19.4 Å². The van der Waals surface area contributed by atoms with Crippen LogP contribution in [-0.4, -0.2) is 23.5 Å². The summed E-state index contributed by atoms with van der Waals surface area (Å²) in [4.78, 5) is 17.2. The molecule has 0 bridgehead atoms. The highest BCUT2D eigenvalue weighted by molar-refractivity contribution is 9.10. The molecular weight excluding hydrogens is 354 g/mol. The molecule has 0 saturated heterocycles. The lowest BCUT2D eigenvalue weighted by Gasteiger charge is -2.15. The first-order chi connectivity index (χ1) is 11.1. The summed E-state index contributed by atoms with van der Waals surface area (Å²) in [7, 11) is 0. The van der Waals surface area contributed by atoms with Gasteiger partial charge in [-0.3, -0.25) is 4.79 Å². The average Bonchev–Trinajstić information content (AvgIpc) is 2.57. The van der Waals surface area contributed by atoms with Crippen LogP contribution in [-0.2, 0) is 0 Å². The number of pyridine rings is 1. The SMILES string of the molecule is CCC(CN)NC(=O)c1cccc2cc3cc(Br)ccc3nc12. The zero-order chi connectivity index (χ0) is 16.4. The Morgan fingerprint density at radius 2 is 2.09 bits per heavy atom. The number of fused-ring (bicyclic) bond motifs is 2. The molecule has 1 aromatic heterocycles. The van der Waals surface area contributed by atoms with Gasteiger partial charge in [0.15, 0.2) is 0 Å². The highest BCUT2D eigenvalue weighted by Gasteiger charge is 2.15. The molecule has 1 unspecified atom stereocenters. The lowest BCUT2D eigenvalue weighted by atomic mass is 10.1. The van der Waals surface area contributed by atoms with Crippen LogP contribution in [0.4, 0.5) is 0 Å². The predicted molar refractivity (Wildman–Crippen MR) is 97.5 cm³/mol. The maximum Gasteiger partial charge on any atom is 0.253 e. The Morgan fingerprint density at radius 1 is 1.26 bits per heavy atom. The molecule has 118 valence electrons. The summed E-state index contributed by atoms with van der Waals surface area (Å²) in [6, 6.07) is 13.6. The van der Waals surface area contributed by atoms with Crippen molar-refractivity contribution < 1.29 is 4.79 Å². The van der Waals surface area contributed by atoms with Gasteiger partial charge in [-0.1, -0.05) is 35.0 Å². The number of carbonyl (C=O) groups excluding carboxylic acids is 1. The zero-order valence-electron chi connectivity index (χ0n) is 12.8. The summed E-state index contributed by atoms with van der Waals surface area (Å²) in [5.41, 5.74) is 7.84. The third-order valence-electron chi connectivity index (χ3n) is 3.96. The second-order valence-corrected chi connectivity index (χ2v) is 6.43. The van der Waals surface area contributed by atoms with Crippen LogP contribution in [0.2, 0.25) is 0 Å². The second-order valence-electron chi connectivity index (χ2n) is 5.52. The predicted octanol–water partition coefficient (Wildman–Crippen LogP) is 3.62. The van der Waals surface area contributed by atoms with Crippen molar-refractivity contribution in [1.82, 2.24) is 10.3 Å². The number of carbonyl (C=O) groups is 1. The van der Waals surface area contributed by atoms with E-state index in [0.717, 1.165) is 27.2 Å². The Balaban J connectivity index is 2.10. The van der Waals surface area contributed by atoms with E-state index in [2.05, 4.69) is 32.3 Å². The van der Waals surface area contributed by atoms with Crippen LogP contribution in [0.5, 0.6) is 0 Å². The number of para-hydroxylation sites is 1. The second kappa shape index (κ2) is 6.64. The molecule has 3 rings (SSSR count). The van der Waals surface area contributed by atoms with Crippen molar-refractivity contribution in [2.24, 2.45) is 5.73 Å². The Hall–Kier alpha value is -1.98. The number of benzene rings is 2. The minimum absolute atomic E-state index is 0.0193. The Morgan fingerprint density at radius 3 is 2.83 bits per heavy atom. The number of hydrogen-bond acceptors (Lipinski definition) is 3. The van der Waals surface area contributed by atoms with E-state index in [1.165, 1.54) is 0 Å². The molecule has 23 heavy (non-hydrogen) atoms. The summed E-state index contributed by atoms with van der Waals surface area (Å²) < 4.78 is 1.01. The van der Waals surface area contributed by atoms with E-state index in [1.54, 1.807) is 6.07 Å². The highest BCUT2D eigenvalue weighted by atomic mass is 79.9. The molecule has 4 nitrogen and oxygen atoms in total. The molecule has 1 atom stereocenters. The van der Waals surface area contributed by atoms with E-state index in [0.29, 0.717) is 17.6 Å². The molecule has 0 spiro atoms. The molecule has 1 amide bonds. The minimum Gasteiger partial charge on any atom is -0.348 e. The Labute approximate surface area is 143 Å². The van der Waals surface area contributed by atoms with Gasteiger partial charge >= 0.3 is 0 Å². The summed E-state index contributed by atoms with van der Waals surface area (Å²) in [5, 5.41) is 4.96. The van der Waals surface area contributed by atoms with Gasteiger partial charge in [-0.25, -0.2) is 4.98 Å². The van der Waals surface area contributed by atoms with Crippen molar-refractivity contribution in [3.8, 4) is 0 Å². The van der Waals surface area contributed by atoms with Gasteiger partial charge in [0.2, 0.25) is 0 Å². The first-order valence-corrected chi connectivity index (χ1v) is 8.41. The maximum absolute atomic E-state index is 12.6. The van der Waals surface area contributed by atoms with Crippen LogP contribution in [0, 0.1) is 0 Å². The van der Waals surface area contributed by atoms with Gasteiger partial charge in [0.05, 0.1) is 16.6 Å². The van der Waals surface area contributed by atoms with Gasteiger partial charge in [0.1, 0.15) is 0 Å². The van der Waals surface area contributed by atoms with Gasteiger partial charge in [-0.05, 0) is 36.8 Å². The van der Waals surface area contributed by atoms with Crippen molar-refractivity contribution in [2.75, 3.05) is 6.54 Å². The number of halogens is 1. The van der Waals surface area contributed by atoms with Crippen molar-refractivity contribution >= 4 is 43.6 Å². The standard InChI is InChI=1S/C18H18BrN3O/c1-2-14(10-20)21-18(23)15-5-3-4-11-8-12-9-13(19)6-7-16(12)22-17(11)15/h3-9,14H,2,10,20H2,1H3,(H,21,23). The summed E-state index contributed by atoms with van der Waals surface area (Å²) in [5.74, 6) is -0.128. The van der Waals surface area contributed by atoms with E-state index in [-0.39, 0.29) is 11.9 Å². The number of nitrogens with one attached hydrogen (secondary N) is 1. The third-order valence-corrected chi connectivity index (χ3v) is 4.45. The van der Waals surface area contributed by atoms with Gasteiger partial charge < -0.3 is 11.1 Å². The Kier molecular flexibility index (Phi) is 4.59. The molecule has 0 radical (unpaired) electrons. The first-order valence-electron chi connectivity index (χ1n) is 7.62. The van der Waals surface area contributed by atoms with E-state index < -0.39 is 0 Å². The van der Waals surface area contributed by atoms with E-state index >= 15 is 0 Å². The molecule has 0 fully saturated rings. The van der Waals surface area contributed by atoms with E-state index in [9.17, 15) is 4.79 Å². The monoisotopic (exact) mass is 371 g/mol. The van der Waals surface area contributed by atoms with Crippen molar-refractivity contribution in [1.29, 1.82) is 0 Å². The third kappa shape index (κ3) is 3.21. The van der Waals surface area contributed by atoms with Gasteiger partial charge in [-0.15, -0.1) is 0 Å². The van der Waals surface area contributed by atoms with E-state index in [4.69, 9.17) is 5.73 Å². The van der Waals surface area contributed by atoms with Gasteiger partial charge in [-0.2, -0.15) is 0 Å². The van der Waals surface area contributed by atoms with Crippen LogP contribution in [0.3, 0.4) is 0 Å². The molecule has 2 aromatic carbocycles. The molecule has 5 heteroatoms. The largest absolute Gasteiger partial charge is 0.348 e. The van der Waals surface area contributed by atoms with Crippen LogP contribution in [0.15, 0.2) is 46.9 Å². The van der Waals surface area contributed by atoms with Crippen molar-refractivity contribution in [3.63, 3.8) is 0 Å². The first kappa shape index (κ1) is 15.9. The number of hydrogen-bond donors (Lipinski definition) is 2. The highest BCUT2D eigenvalue weighted by Crippen LogP contribution is 2.25. The molecule has 3 aromatic rings. The molecule has 0 aliphatic carbocycles. The molecule has 0 aliphatic rings. The summed E-state index contributed by atoms with van der Waals surface area (Å²) in [6.07, 6.45) is 0.803. The number of nitrogens with zero attached hydrogens (tertiary/aromatic N) is 1. The quantitative estimate of drug-likeness (QED) is 0.688. The number of amides is 1. The van der Waals surface area contributed by atoms with Crippen LogP contribution in [0.25, 0.3) is 21.8 Å². The maximum atomic E-state index is 12.6. The summed E-state index contributed by atoms with van der Waals surface area (Å²) in [6.45, 7) is 2.43. The molecule has 1 heterocycles. The topological polar surface area (TPSA) is 68.0 Å². The van der Waals surface area contributed by atoms with Crippen molar-refractivity contribution in [3.05, 3.63) is 52.5 Å². The zero-order valence-corrected chi connectivity index (χ0v) is 14.4. The molecule has 3 N–H and O–H groups in total. The number of nitrogens with two attached hydrogens (primary N) is 1. The fourth-order valence-corrected chi connectivity index (χ4v) is 2.99. The smallest absolute Gasteiger partial charge is 0.253 e. The summed E-state index contributed by atoms with van der Waals surface area (Å²) >= 11 is 3.47. The molecular formula is C18H18BrN3O. The van der Waals surface area contributed by atoms with Gasteiger partial charge in [0, 0.05) is 27.8 Å². The average molecular weight is 372 g/mol. The molecule has 0 aliphatic heterocycles. The van der Waals surface area contributed by atoms with Gasteiger partial charge in [0.25, 0.3) is 5.91 Å².